The van der Waals surface area contributed by atoms with Gasteiger partial charge < -0.3 is 5.11 Å². The first-order valence-electron chi connectivity index (χ1n) is 10.8. The van der Waals surface area contributed by atoms with E-state index in [2.05, 4.69) is 69.3 Å². The third kappa shape index (κ3) is 3.37. The van der Waals surface area contributed by atoms with Crippen LogP contribution in [0.1, 0.15) is 59.6 Å². The molecule has 0 radical (unpaired) electrons. The van der Waals surface area contributed by atoms with Crippen molar-refractivity contribution in [1.82, 2.24) is 0 Å². The van der Waals surface area contributed by atoms with Crippen LogP contribution in [0.3, 0.4) is 0 Å². The lowest BCUT2D eigenvalue weighted by Gasteiger charge is -2.32. The summed E-state index contributed by atoms with van der Waals surface area (Å²) in [6.07, 6.45) is 8.75. The number of aliphatic carboxylic acids is 1. The highest BCUT2D eigenvalue weighted by Crippen LogP contribution is 2.45. The Bertz CT molecular complexity index is 1310. The standard InChI is InChI=1S/C28H26O2S/c1-17-11-12-26(31-17)21-13-14-28(2,3)25-15-18-7-6-10-20(23(18)16-24(21)25)19-8-4-5-9-22(19)27(29)30/h5-7,9-13,15-16H,4,8,14H2,1-3H3,(H,29,30). The number of carboxylic acid groups (broad SMARTS) is 1. The highest BCUT2D eigenvalue weighted by atomic mass is 32.1. The number of aryl methyl sites for hydroxylation is 1. The molecule has 156 valence electrons. The molecule has 0 aliphatic heterocycles. The number of thiophene rings is 1. The van der Waals surface area contributed by atoms with E-state index in [4.69, 9.17) is 0 Å². The highest BCUT2D eigenvalue weighted by Gasteiger charge is 2.30. The summed E-state index contributed by atoms with van der Waals surface area (Å²) in [5, 5.41) is 12.1. The first kappa shape index (κ1) is 20.0. The monoisotopic (exact) mass is 426 g/mol. The van der Waals surface area contributed by atoms with Crippen LogP contribution in [0.25, 0.3) is 21.9 Å². The van der Waals surface area contributed by atoms with E-state index in [0.29, 0.717) is 5.57 Å². The Kier molecular flexibility index (Phi) is 4.75. The third-order valence-corrected chi connectivity index (χ3v) is 7.62. The smallest absolute Gasteiger partial charge is 0.335 e. The largest absolute Gasteiger partial charge is 0.478 e. The first-order valence-corrected chi connectivity index (χ1v) is 11.6. The molecule has 0 fully saturated rings. The molecule has 2 aliphatic carbocycles. The molecule has 0 amide bonds. The van der Waals surface area contributed by atoms with Crippen LogP contribution in [0.4, 0.5) is 0 Å². The molecule has 1 heterocycles. The van der Waals surface area contributed by atoms with Gasteiger partial charge in [-0.15, -0.1) is 11.3 Å². The lowest BCUT2D eigenvalue weighted by atomic mass is 9.72. The predicted molar refractivity (Wildman–Crippen MR) is 131 cm³/mol. The van der Waals surface area contributed by atoms with Crippen LogP contribution in [0, 0.1) is 6.92 Å². The minimum absolute atomic E-state index is 0.0639. The molecule has 3 aromatic rings. The quantitative estimate of drug-likeness (QED) is 0.470. The minimum Gasteiger partial charge on any atom is -0.478 e. The highest BCUT2D eigenvalue weighted by molar-refractivity contribution is 7.13. The van der Waals surface area contributed by atoms with Gasteiger partial charge in [0.2, 0.25) is 0 Å². The molecule has 2 nitrogen and oxygen atoms in total. The van der Waals surface area contributed by atoms with Crippen molar-refractivity contribution >= 4 is 39.2 Å². The second-order valence-corrected chi connectivity index (χ2v) is 10.5. The van der Waals surface area contributed by atoms with E-state index >= 15 is 0 Å². The molecule has 31 heavy (non-hydrogen) atoms. The van der Waals surface area contributed by atoms with Crippen LogP contribution in [-0.2, 0) is 10.2 Å². The minimum atomic E-state index is -0.850. The fraction of sp³-hybridized carbons (Fsp3) is 0.250. The second-order valence-electron chi connectivity index (χ2n) is 9.18. The topological polar surface area (TPSA) is 37.3 Å². The van der Waals surface area contributed by atoms with Gasteiger partial charge in [0, 0.05) is 9.75 Å². The van der Waals surface area contributed by atoms with Gasteiger partial charge in [0.15, 0.2) is 0 Å². The van der Waals surface area contributed by atoms with Crippen molar-refractivity contribution in [2.24, 2.45) is 0 Å². The molecule has 0 atom stereocenters. The second kappa shape index (κ2) is 7.35. The SMILES string of the molecule is Cc1ccc(C2=CCC(C)(C)c3cc4cccc(C5=C(C(=O)O)C=CCC5)c4cc32)s1. The lowest BCUT2D eigenvalue weighted by Crippen LogP contribution is -2.21. The fourth-order valence-corrected chi connectivity index (χ4v) is 5.83. The Hall–Kier alpha value is -2.91. The lowest BCUT2D eigenvalue weighted by molar-refractivity contribution is -0.132. The Balaban J connectivity index is 1.79. The number of fused-ring (bicyclic) bond motifs is 2. The number of benzene rings is 2. The summed E-state index contributed by atoms with van der Waals surface area (Å²) in [6.45, 7) is 6.77. The average Bonchev–Trinajstić information content (AvgIpc) is 3.18. The van der Waals surface area contributed by atoms with E-state index in [1.165, 1.54) is 31.8 Å². The van der Waals surface area contributed by atoms with E-state index in [-0.39, 0.29) is 5.41 Å². The predicted octanol–water partition coefficient (Wildman–Crippen LogP) is 7.51. The molecule has 3 heteroatoms. The van der Waals surface area contributed by atoms with Crippen LogP contribution < -0.4 is 0 Å². The summed E-state index contributed by atoms with van der Waals surface area (Å²) in [5.41, 5.74) is 6.43. The number of hydrogen-bond donors (Lipinski definition) is 1. The van der Waals surface area contributed by atoms with Gasteiger partial charge in [-0.1, -0.05) is 50.3 Å². The molecule has 1 aromatic heterocycles. The number of hydrogen-bond acceptors (Lipinski definition) is 2. The van der Waals surface area contributed by atoms with E-state index in [0.717, 1.165) is 35.8 Å². The third-order valence-electron chi connectivity index (χ3n) is 6.59. The van der Waals surface area contributed by atoms with E-state index < -0.39 is 5.97 Å². The summed E-state index contributed by atoms with van der Waals surface area (Å²) in [5.74, 6) is -0.850. The number of carboxylic acids is 1. The van der Waals surface area contributed by atoms with Crippen LogP contribution in [0.5, 0.6) is 0 Å². The normalized spacial score (nSPS) is 17.6. The molecule has 0 bridgehead atoms. The van der Waals surface area contributed by atoms with Gasteiger partial charge in [-0.2, -0.15) is 0 Å². The summed E-state index contributed by atoms with van der Waals surface area (Å²) >= 11 is 1.84. The maximum absolute atomic E-state index is 11.9. The maximum Gasteiger partial charge on any atom is 0.335 e. The van der Waals surface area contributed by atoms with E-state index in [1.807, 2.05) is 17.4 Å². The molecule has 1 N–H and O–H groups in total. The van der Waals surface area contributed by atoms with E-state index in [1.54, 1.807) is 6.08 Å². The summed E-state index contributed by atoms with van der Waals surface area (Å²) in [6, 6.07) is 15.4. The number of carbonyl (C=O) groups is 1. The molecule has 0 unspecified atom stereocenters. The van der Waals surface area contributed by atoms with Crippen LogP contribution in [0.15, 0.2) is 66.3 Å². The Morgan fingerprint density at radius 1 is 1.10 bits per heavy atom. The molecule has 0 saturated carbocycles. The van der Waals surface area contributed by atoms with Gasteiger partial charge in [0.05, 0.1) is 5.57 Å². The van der Waals surface area contributed by atoms with Crippen molar-refractivity contribution < 1.29 is 9.90 Å². The summed E-state index contributed by atoms with van der Waals surface area (Å²) < 4.78 is 0. The van der Waals surface area contributed by atoms with Crippen LogP contribution >= 0.6 is 11.3 Å². The number of rotatable bonds is 3. The van der Waals surface area contributed by atoms with Gasteiger partial charge in [-0.05, 0) is 94.5 Å². The van der Waals surface area contributed by atoms with Crippen molar-refractivity contribution in [3.63, 3.8) is 0 Å². The van der Waals surface area contributed by atoms with Crippen LogP contribution in [0.2, 0.25) is 0 Å². The van der Waals surface area contributed by atoms with Crippen molar-refractivity contribution in [2.45, 2.75) is 45.4 Å². The van der Waals surface area contributed by atoms with Crippen molar-refractivity contribution in [1.29, 1.82) is 0 Å². The summed E-state index contributed by atoms with van der Waals surface area (Å²) in [7, 11) is 0. The van der Waals surface area contributed by atoms with Gasteiger partial charge in [-0.3, -0.25) is 0 Å². The fourth-order valence-electron chi connectivity index (χ4n) is 4.91. The Labute approximate surface area is 187 Å². The zero-order chi connectivity index (χ0) is 21.8. The molecule has 2 aromatic carbocycles. The molecule has 0 saturated heterocycles. The van der Waals surface area contributed by atoms with Gasteiger partial charge >= 0.3 is 5.97 Å². The maximum atomic E-state index is 11.9. The molecule has 5 rings (SSSR count). The summed E-state index contributed by atoms with van der Waals surface area (Å²) in [4.78, 5) is 14.5. The zero-order valence-corrected chi connectivity index (χ0v) is 19.0. The average molecular weight is 427 g/mol. The zero-order valence-electron chi connectivity index (χ0n) is 18.2. The molecular weight excluding hydrogens is 400 g/mol. The van der Waals surface area contributed by atoms with Gasteiger partial charge in [0.25, 0.3) is 0 Å². The van der Waals surface area contributed by atoms with Crippen molar-refractivity contribution in [3.05, 3.63) is 92.7 Å². The molecular formula is C28H26O2S. The number of allylic oxidation sites excluding steroid dienone is 3. The molecule has 2 aliphatic rings. The van der Waals surface area contributed by atoms with Crippen LogP contribution in [-0.4, -0.2) is 11.1 Å². The van der Waals surface area contributed by atoms with Gasteiger partial charge in [0.1, 0.15) is 0 Å². The Morgan fingerprint density at radius 2 is 1.94 bits per heavy atom. The van der Waals surface area contributed by atoms with Gasteiger partial charge in [-0.25, -0.2) is 4.79 Å². The molecule has 0 spiro atoms. The van der Waals surface area contributed by atoms with E-state index in [9.17, 15) is 9.90 Å². The van der Waals surface area contributed by atoms with Crippen molar-refractivity contribution in [2.75, 3.05) is 0 Å². The van der Waals surface area contributed by atoms with Crippen molar-refractivity contribution in [3.8, 4) is 0 Å². The first-order chi connectivity index (χ1) is 14.8. The Morgan fingerprint density at radius 3 is 2.68 bits per heavy atom.